The number of benzene rings is 1. The molecule has 1 amide bonds. The lowest BCUT2D eigenvalue weighted by atomic mass is 10.0. The van der Waals surface area contributed by atoms with Gasteiger partial charge in [0.15, 0.2) is 25.6 Å². The van der Waals surface area contributed by atoms with Crippen LogP contribution in [-0.4, -0.2) is 40.2 Å². The second-order valence-electron chi connectivity index (χ2n) is 5.69. The Balaban J connectivity index is 3.89. The first-order chi connectivity index (χ1) is 11.4. The van der Waals surface area contributed by atoms with E-state index in [4.69, 9.17) is 11.5 Å². The van der Waals surface area contributed by atoms with Crippen LogP contribution in [0, 0.1) is 0 Å². The molecule has 4 N–H and O–H groups in total. The molecule has 140 valence electrons. The van der Waals surface area contributed by atoms with Gasteiger partial charge >= 0.3 is 0 Å². The maximum absolute atomic E-state index is 12.7. The highest BCUT2D eigenvalue weighted by Crippen LogP contribution is 2.30. The van der Waals surface area contributed by atoms with Crippen molar-refractivity contribution < 1.29 is 21.6 Å². The van der Waals surface area contributed by atoms with Crippen molar-refractivity contribution in [3.8, 4) is 0 Å². The van der Waals surface area contributed by atoms with Crippen LogP contribution in [0.25, 0.3) is 0 Å². The minimum atomic E-state index is -3.91. The van der Waals surface area contributed by atoms with Crippen LogP contribution in [-0.2, 0) is 26.1 Å². The number of guanidine groups is 1. The minimum absolute atomic E-state index is 0.0422. The van der Waals surface area contributed by atoms with E-state index in [-0.39, 0.29) is 10.5 Å². The minimum Gasteiger partial charge on any atom is -0.370 e. The second kappa shape index (κ2) is 7.52. The van der Waals surface area contributed by atoms with E-state index < -0.39 is 41.7 Å². The van der Waals surface area contributed by atoms with Gasteiger partial charge in [0.05, 0.1) is 15.0 Å². The third-order valence-electron chi connectivity index (χ3n) is 3.82. The fraction of sp³-hybridized carbons (Fsp3) is 0.467. The molecule has 1 unspecified atom stereocenters. The van der Waals surface area contributed by atoms with Crippen molar-refractivity contribution in [3.63, 3.8) is 0 Å². The summed E-state index contributed by atoms with van der Waals surface area (Å²) in [4.78, 5) is 14.9. The monoisotopic (exact) mass is 389 g/mol. The van der Waals surface area contributed by atoms with Gasteiger partial charge in [-0.3, -0.25) is 4.79 Å². The van der Waals surface area contributed by atoms with Crippen LogP contribution in [0.4, 0.5) is 0 Å². The van der Waals surface area contributed by atoms with Crippen molar-refractivity contribution in [2.75, 3.05) is 6.26 Å². The summed E-state index contributed by atoms with van der Waals surface area (Å²) < 4.78 is 49.8. The summed E-state index contributed by atoms with van der Waals surface area (Å²) in [6.07, 6.45) is 1.51. The summed E-state index contributed by atoms with van der Waals surface area (Å²) in [6, 6.07) is 2.27. The smallest absolute Gasteiger partial charge is 0.280 e. The number of amides is 1. The Labute approximate surface area is 148 Å². The van der Waals surface area contributed by atoms with Gasteiger partial charge in [-0.1, -0.05) is 13.8 Å². The molecule has 8 nitrogen and oxygen atoms in total. The first kappa shape index (κ1) is 21.1. The number of aliphatic imine (C=N–C) groups is 1. The largest absolute Gasteiger partial charge is 0.370 e. The van der Waals surface area contributed by atoms with Gasteiger partial charge in [0.1, 0.15) is 0 Å². The molecule has 0 heterocycles. The van der Waals surface area contributed by atoms with E-state index in [2.05, 4.69) is 4.99 Å². The van der Waals surface area contributed by atoms with Crippen molar-refractivity contribution in [1.29, 1.82) is 0 Å². The summed E-state index contributed by atoms with van der Waals surface area (Å²) in [6.45, 7) is 4.91. The molecule has 0 aliphatic rings. The zero-order valence-corrected chi connectivity index (χ0v) is 16.2. The highest BCUT2D eigenvalue weighted by atomic mass is 32.2. The molecule has 1 atom stereocenters. The standard InChI is InChI=1S/C15H23N3O5S2/c1-5-9(3)25(22,23)13-7-10(6-2)11(14(19)18-15(16)17)8-12(13)24(4,20)21/h7-9H,5-6H2,1-4H3,(H4,16,17,18,19). The fourth-order valence-electron chi connectivity index (χ4n) is 2.22. The topological polar surface area (TPSA) is 150 Å². The maximum atomic E-state index is 12.7. The quantitative estimate of drug-likeness (QED) is 0.535. The molecule has 0 aromatic heterocycles. The highest BCUT2D eigenvalue weighted by Gasteiger charge is 2.30. The van der Waals surface area contributed by atoms with E-state index in [0.717, 1.165) is 12.3 Å². The summed E-state index contributed by atoms with van der Waals surface area (Å²) >= 11 is 0. The fourth-order valence-corrected chi connectivity index (χ4v) is 5.30. The Bertz CT molecular complexity index is 915. The molecule has 0 spiro atoms. The van der Waals surface area contributed by atoms with Gasteiger partial charge in [-0.25, -0.2) is 16.8 Å². The van der Waals surface area contributed by atoms with E-state index >= 15 is 0 Å². The molecule has 0 radical (unpaired) electrons. The number of rotatable bonds is 6. The molecule has 0 fully saturated rings. The van der Waals surface area contributed by atoms with Gasteiger partial charge in [-0.05, 0) is 37.5 Å². The van der Waals surface area contributed by atoms with Gasteiger partial charge < -0.3 is 11.5 Å². The van der Waals surface area contributed by atoms with E-state index in [1.165, 1.54) is 13.0 Å². The highest BCUT2D eigenvalue weighted by molar-refractivity contribution is 7.94. The Morgan fingerprint density at radius 1 is 1.12 bits per heavy atom. The number of nitrogens with zero attached hydrogens (tertiary/aromatic N) is 1. The third-order valence-corrected chi connectivity index (χ3v) is 7.43. The molecule has 1 aromatic rings. The Hall–Kier alpha value is -1.94. The van der Waals surface area contributed by atoms with Gasteiger partial charge in [-0.15, -0.1) is 0 Å². The van der Waals surface area contributed by atoms with Crippen molar-refractivity contribution in [2.24, 2.45) is 16.5 Å². The number of sulfone groups is 2. The predicted octanol–water partition coefficient (Wildman–Crippen LogP) is 0.638. The molecule has 1 rings (SSSR count). The van der Waals surface area contributed by atoms with Gasteiger partial charge in [0, 0.05) is 11.8 Å². The number of carbonyl (C=O) groups is 1. The zero-order valence-electron chi connectivity index (χ0n) is 14.6. The molecule has 0 bridgehead atoms. The van der Waals surface area contributed by atoms with Crippen molar-refractivity contribution in [2.45, 2.75) is 48.7 Å². The Morgan fingerprint density at radius 3 is 2.08 bits per heavy atom. The molecule has 10 heteroatoms. The van der Waals surface area contributed by atoms with E-state index in [9.17, 15) is 21.6 Å². The lowest BCUT2D eigenvalue weighted by Crippen LogP contribution is -2.25. The summed E-state index contributed by atoms with van der Waals surface area (Å²) in [5.41, 5.74) is 10.7. The van der Waals surface area contributed by atoms with Crippen LogP contribution >= 0.6 is 0 Å². The molecular weight excluding hydrogens is 366 g/mol. The number of hydrogen-bond acceptors (Lipinski definition) is 5. The number of nitrogens with two attached hydrogens (primary N) is 2. The number of carbonyl (C=O) groups excluding carboxylic acids is 1. The second-order valence-corrected chi connectivity index (χ2v) is 10.0. The first-order valence-corrected chi connectivity index (χ1v) is 11.0. The summed E-state index contributed by atoms with van der Waals surface area (Å²) in [5.74, 6) is -1.29. The Kier molecular flexibility index (Phi) is 6.35. The van der Waals surface area contributed by atoms with E-state index in [0.29, 0.717) is 18.4 Å². The van der Waals surface area contributed by atoms with Crippen molar-refractivity contribution in [3.05, 3.63) is 23.3 Å². The van der Waals surface area contributed by atoms with Crippen LogP contribution in [0.15, 0.2) is 26.9 Å². The zero-order chi connectivity index (χ0) is 19.6. The molecule has 0 aliphatic carbocycles. The maximum Gasteiger partial charge on any atom is 0.280 e. The SMILES string of the molecule is CCc1cc(S(=O)(=O)C(C)CC)c(S(C)(=O)=O)cc1C(=O)N=C(N)N. The summed E-state index contributed by atoms with van der Waals surface area (Å²) in [7, 11) is -7.79. The molecule has 0 saturated carbocycles. The third kappa shape index (κ3) is 4.57. The van der Waals surface area contributed by atoms with Gasteiger partial charge in [0.2, 0.25) is 0 Å². The number of hydrogen-bond donors (Lipinski definition) is 2. The van der Waals surface area contributed by atoms with Crippen LogP contribution < -0.4 is 11.5 Å². The molecule has 0 saturated heterocycles. The molecular formula is C15H23N3O5S2. The molecule has 0 aliphatic heterocycles. The number of aryl methyl sites for hydroxylation is 1. The summed E-state index contributed by atoms with van der Waals surface area (Å²) in [5, 5.41) is -0.767. The lowest BCUT2D eigenvalue weighted by Gasteiger charge is -2.17. The average molecular weight is 389 g/mol. The van der Waals surface area contributed by atoms with Gasteiger partial charge in [-0.2, -0.15) is 4.99 Å². The van der Waals surface area contributed by atoms with E-state index in [1.807, 2.05) is 0 Å². The van der Waals surface area contributed by atoms with Crippen LogP contribution in [0.1, 0.15) is 43.1 Å². The lowest BCUT2D eigenvalue weighted by molar-refractivity contribution is 0.100. The van der Waals surface area contributed by atoms with Crippen molar-refractivity contribution in [1.82, 2.24) is 0 Å². The normalized spacial score (nSPS) is 13.3. The van der Waals surface area contributed by atoms with Crippen LogP contribution in [0.5, 0.6) is 0 Å². The predicted molar refractivity (Wildman–Crippen MR) is 96.0 cm³/mol. The van der Waals surface area contributed by atoms with Crippen LogP contribution in [0.2, 0.25) is 0 Å². The van der Waals surface area contributed by atoms with Crippen LogP contribution in [0.3, 0.4) is 0 Å². The molecule has 1 aromatic carbocycles. The first-order valence-electron chi connectivity index (χ1n) is 7.61. The Morgan fingerprint density at radius 2 is 1.68 bits per heavy atom. The molecule has 25 heavy (non-hydrogen) atoms. The van der Waals surface area contributed by atoms with Crippen molar-refractivity contribution >= 4 is 31.5 Å². The van der Waals surface area contributed by atoms with Gasteiger partial charge in [0.25, 0.3) is 5.91 Å². The van der Waals surface area contributed by atoms with E-state index in [1.54, 1.807) is 13.8 Å². The average Bonchev–Trinajstić information content (AvgIpc) is 2.50.